The second kappa shape index (κ2) is 6.67. The molecule has 0 N–H and O–H groups in total. The summed E-state index contributed by atoms with van der Waals surface area (Å²) in [6, 6.07) is 5.88. The molecule has 4 nitrogen and oxygen atoms in total. The summed E-state index contributed by atoms with van der Waals surface area (Å²) in [5, 5.41) is 0. The molecule has 4 bridgehead atoms. The van der Waals surface area contributed by atoms with E-state index in [-0.39, 0.29) is 23.8 Å². The second-order valence-corrected chi connectivity index (χ2v) is 8.44. The van der Waals surface area contributed by atoms with Gasteiger partial charge in [0.15, 0.2) is 0 Å². The van der Waals surface area contributed by atoms with Crippen LogP contribution in [0.15, 0.2) is 24.3 Å². The fraction of sp³-hybridized carbons (Fsp3) is 0.619. The first kappa shape index (κ1) is 17.5. The summed E-state index contributed by atoms with van der Waals surface area (Å²) in [7, 11) is 1.37. The van der Waals surface area contributed by atoms with E-state index < -0.39 is 5.82 Å². The largest absolute Gasteiger partial charge is 0.469 e. The van der Waals surface area contributed by atoms with E-state index in [1.54, 1.807) is 12.1 Å². The number of amides is 1. The lowest BCUT2D eigenvalue weighted by Crippen LogP contribution is -2.61. The summed E-state index contributed by atoms with van der Waals surface area (Å²) < 4.78 is 18.5. The van der Waals surface area contributed by atoms with Crippen molar-refractivity contribution in [2.75, 3.05) is 13.7 Å². The van der Waals surface area contributed by atoms with Crippen LogP contribution in [0.4, 0.5) is 4.39 Å². The van der Waals surface area contributed by atoms with E-state index in [9.17, 15) is 14.0 Å². The molecule has 1 amide bonds. The maximum Gasteiger partial charge on any atom is 0.307 e. The molecule has 0 aromatic heterocycles. The van der Waals surface area contributed by atoms with E-state index in [1.807, 2.05) is 4.90 Å². The Hall–Kier alpha value is -1.91. The average molecular weight is 359 g/mol. The van der Waals surface area contributed by atoms with E-state index in [0.29, 0.717) is 29.9 Å². The van der Waals surface area contributed by atoms with Gasteiger partial charge in [0, 0.05) is 17.6 Å². The van der Waals surface area contributed by atoms with Gasteiger partial charge < -0.3 is 9.64 Å². The van der Waals surface area contributed by atoms with Crippen LogP contribution in [0.1, 0.15) is 55.3 Å². The molecule has 5 rings (SSSR count). The Balaban J connectivity index is 1.64. The van der Waals surface area contributed by atoms with Crippen LogP contribution in [0.25, 0.3) is 0 Å². The van der Waals surface area contributed by atoms with Crippen molar-refractivity contribution >= 4 is 11.9 Å². The number of halogens is 1. The predicted octanol–water partition coefficient (Wildman–Crippen LogP) is 3.80. The third kappa shape index (κ3) is 3.12. The van der Waals surface area contributed by atoms with Crippen LogP contribution in [-0.4, -0.2) is 36.0 Å². The quantitative estimate of drug-likeness (QED) is 0.751. The third-order valence-electron chi connectivity index (χ3n) is 6.66. The Morgan fingerprint density at radius 1 is 1.15 bits per heavy atom. The van der Waals surface area contributed by atoms with E-state index in [2.05, 4.69) is 0 Å². The standard InChI is InChI=1S/C21H26FNO3/c1-26-19(24)5-6-23(20(25)17-3-2-4-18(22)10-17)21-11-14-7-15(12-21)9-16(8-14)13-21/h2-4,10,14-16H,5-9,11-13H2,1H3. The predicted molar refractivity (Wildman–Crippen MR) is 95.0 cm³/mol. The Morgan fingerprint density at radius 2 is 1.77 bits per heavy atom. The molecule has 0 unspecified atom stereocenters. The smallest absolute Gasteiger partial charge is 0.307 e. The molecule has 26 heavy (non-hydrogen) atoms. The van der Waals surface area contributed by atoms with Gasteiger partial charge in [-0.1, -0.05) is 6.07 Å². The Labute approximate surface area is 153 Å². The number of carbonyl (C=O) groups is 2. The molecule has 4 aliphatic rings. The maximum atomic E-state index is 13.7. The van der Waals surface area contributed by atoms with Crippen LogP contribution in [0.3, 0.4) is 0 Å². The van der Waals surface area contributed by atoms with Gasteiger partial charge in [-0.3, -0.25) is 9.59 Å². The summed E-state index contributed by atoms with van der Waals surface area (Å²) in [6.07, 6.45) is 7.05. The van der Waals surface area contributed by atoms with Crippen LogP contribution < -0.4 is 0 Å². The molecular weight excluding hydrogens is 333 g/mol. The van der Waals surface area contributed by atoms with Crippen LogP contribution >= 0.6 is 0 Å². The second-order valence-electron chi connectivity index (χ2n) is 8.44. The van der Waals surface area contributed by atoms with Crippen LogP contribution in [0.2, 0.25) is 0 Å². The van der Waals surface area contributed by atoms with Crippen molar-refractivity contribution in [1.82, 2.24) is 4.90 Å². The molecule has 0 saturated heterocycles. The molecule has 0 radical (unpaired) electrons. The molecule has 140 valence electrons. The molecule has 5 heteroatoms. The molecule has 0 aliphatic heterocycles. The lowest BCUT2D eigenvalue weighted by Gasteiger charge is -2.60. The minimum absolute atomic E-state index is 0.157. The zero-order chi connectivity index (χ0) is 18.3. The molecule has 1 aromatic carbocycles. The first-order valence-corrected chi connectivity index (χ1v) is 9.63. The minimum Gasteiger partial charge on any atom is -0.469 e. The van der Waals surface area contributed by atoms with Crippen LogP contribution in [0.5, 0.6) is 0 Å². The van der Waals surface area contributed by atoms with E-state index in [0.717, 1.165) is 19.3 Å². The SMILES string of the molecule is COC(=O)CCN(C(=O)c1cccc(F)c1)C12CC3CC(CC(C3)C1)C2. The van der Waals surface area contributed by atoms with Gasteiger partial charge in [-0.15, -0.1) is 0 Å². The fourth-order valence-corrected chi connectivity index (χ4v) is 6.03. The van der Waals surface area contributed by atoms with Gasteiger partial charge in [0.2, 0.25) is 0 Å². The van der Waals surface area contributed by atoms with Crippen LogP contribution in [-0.2, 0) is 9.53 Å². The zero-order valence-electron chi connectivity index (χ0n) is 15.2. The Morgan fingerprint density at radius 3 is 2.31 bits per heavy atom. The highest BCUT2D eigenvalue weighted by atomic mass is 19.1. The number of carbonyl (C=O) groups excluding carboxylic acids is 2. The number of hydrogen-bond donors (Lipinski definition) is 0. The number of benzene rings is 1. The van der Waals surface area contributed by atoms with Gasteiger partial charge in [0.1, 0.15) is 5.82 Å². The van der Waals surface area contributed by atoms with Crippen molar-refractivity contribution in [3.63, 3.8) is 0 Å². The van der Waals surface area contributed by atoms with Crippen molar-refractivity contribution in [3.05, 3.63) is 35.6 Å². The summed E-state index contributed by atoms with van der Waals surface area (Å²) in [4.78, 5) is 26.9. The number of nitrogens with zero attached hydrogens (tertiary/aromatic N) is 1. The average Bonchev–Trinajstić information content (AvgIpc) is 2.60. The van der Waals surface area contributed by atoms with Gasteiger partial charge in [-0.25, -0.2) is 4.39 Å². The van der Waals surface area contributed by atoms with Crippen molar-refractivity contribution in [2.24, 2.45) is 17.8 Å². The van der Waals surface area contributed by atoms with Gasteiger partial charge in [-0.2, -0.15) is 0 Å². The Bertz CT molecular complexity index is 682. The molecule has 4 aliphatic carbocycles. The number of methoxy groups -OCH3 is 1. The Kier molecular flexibility index (Phi) is 4.49. The summed E-state index contributed by atoms with van der Waals surface area (Å²) in [5.41, 5.74) is 0.192. The van der Waals surface area contributed by atoms with E-state index in [4.69, 9.17) is 4.74 Å². The normalized spacial score (nSPS) is 31.7. The van der Waals surface area contributed by atoms with E-state index >= 15 is 0 Å². The highest BCUT2D eigenvalue weighted by Crippen LogP contribution is 2.58. The molecular formula is C21H26FNO3. The summed E-state index contributed by atoms with van der Waals surface area (Å²) >= 11 is 0. The third-order valence-corrected chi connectivity index (χ3v) is 6.66. The first-order valence-electron chi connectivity index (χ1n) is 9.63. The molecule has 0 atom stereocenters. The molecule has 0 spiro atoms. The van der Waals surface area contributed by atoms with Crippen molar-refractivity contribution in [2.45, 2.75) is 50.5 Å². The van der Waals surface area contributed by atoms with Gasteiger partial charge in [0.25, 0.3) is 5.91 Å². The molecule has 0 heterocycles. The zero-order valence-corrected chi connectivity index (χ0v) is 15.2. The first-order chi connectivity index (χ1) is 12.5. The molecule has 4 saturated carbocycles. The fourth-order valence-electron chi connectivity index (χ4n) is 6.03. The van der Waals surface area contributed by atoms with Crippen molar-refractivity contribution in [3.8, 4) is 0 Å². The number of rotatable bonds is 5. The lowest BCUT2D eigenvalue weighted by molar-refractivity contribution is -0.141. The van der Waals surface area contributed by atoms with Gasteiger partial charge in [0.05, 0.1) is 13.5 Å². The van der Waals surface area contributed by atoms with Crippen LogP contribution in [0, 0.1) is 23.6 Å². The van der Waals surface area contributed by atoms with E-state index in [1.165, 1.54) is 38.5 Å². The number of ether oxygens (including phenoxy) is 1. The number of hydrogen-bond acceptors (Lipinski definition) is 3. The summed E-state index contributed by atoms with van der Waals surface area (Å²) in [6.45, 7) is 0.341. The number of esters is 1. The van der Waals surface area contributed by atoms with Crippen molar-refractivity contribution in [1.29, 1.82) is 0 Å². The van der Waals surface area contributed by atoms with Gasteiger partial charge in [-0.05, 0) is 74.5 Å². The monoisotopic (exact) mass is 359 g/mol. The highest BCUT2D eigenvalue weighted by Gasteiger charge is 2.54. The highest BCUT2D eigenvalue weighted by molar-refractivity contribution is 5.95. The minimum atomic E-state index is -0.408. The maximum absolute atomic E-state index is 13.7. The molecule has 1 aromatic rings. The summed E-state index contributed by atoms with van der Waals surface area (Å²) in [5.74, 6) is 1.17. The topological polar surface area (TPSA) is 46.6 Å². The van der Waals surface area contributed by atoms with Gasteiger partial charge >= 0.3 is 5.97 Å². The lowest BCUT2D eigenvalue weighted by atomic mass is 9.52. The molecule has 4 fully saturated rings. The van der Waals surface area contributed by atoms with Crippen molar-refractivity contribution < 1.29 is 18.7 Å².